The molecule has 0 heterocycles. The number of hydrogen-bond donors (Lipinski definition) is 2. The molecule has 0 aliphatic rings. The molecule has 0 bridgehead atoms. The number of benzene rings is 3. The molecule has 0 saturated heterocycles. The number of carboxylic acids is 1. The molecule has 1 amide bonds. The first-order valence-corrected chi connectivity index (χ1v) is 11.4. The quantitative estimate of drug-likeness (QED) is 0.209. The number of aromatic carboxylic acids is 1. The highest BCUT2D eigenvalue weighted by Gasteiger charge is 2.10. The number of rotatable bonds is 8. The molecule has 0 aliphatic carbocycles. The van der Waals surface area contributed by atoms with Gasteiger partial charge in [-0.05, 0) is 86.1 Å². The maximum Gasteiger partial charge on any atom is 0.335 e. The van der Waals surface area contributed by atoms with Gasteiger partial charge in [0.05, 0.1) is 25.3 Å². The number of nitrogens with one attached hydrogen (secondary N) is 1. The van der Waals surface area contributed by atoms with Crippen LogP contribution in [-0.4, -0.2) is 23.2 Å². The Labute approximate surface area is 207 Å². The lowest BCUT2D eigenvalue weighted by atomic mass is 10.1. The van der Waals surface area contributed by atoms with Gasteiger partial charge >= 0.3 is 5.97 Å². The Balaban J connectivity index is 1.58. The molecular formula is C23H18I2N2O4. The molecule has 6 nitrogen and oxygen atoms in total. The molecule has 3 aromatic carbocycles. The normalized spacial score (nSPS) is 10.8. The summed E-state index contributed by atoms with van der Waals surface area (Å²) in [5.41, 5.74) is 5.43. The first-order chi connectivity index (χ1) is 14.9. The van der Waals surface area contributed by atoms with Crippen LogP contribution in [0, 0.1) is 7.14 Å². The summed E-state index contributed by atoms with van der Waals surface area (Å²) in [7, 11) is 0. The Kier molecular flexibility index (Phi) is 8.41. The predicted molar refractivity (Wildman–Crippen MR) is 135 cm³/mol. The lowest BCUT2D eigenvalue weighted by Crippen LogP contribution is -2.19. The van der Waals surface area contributed by atoms with E-state index in [-0.39, 0.29) is 17.9 Å². The monoisotopic (exact) mass is 640 g/mol. The van der Waals surface area contributed by atoms with Gasteiger partial charge in [0.1, 0.15) is 12.4 Å². The molecule has 31 heavy (non-hydrogen) atoms. The van der Waals surface area contributed by atoms with Crippen molar-refractivity contribution < 1.29 is 19.4 Å². The summed E-state index contributed by atoms with van der Waals surface area (Å²) in [5, 5.41) is 13.0. The number of carbonyl (C=O) groups excluding carboxylic acids is 1. The van der Waals surface area contributed by atoms with Gasteiger partial charge in [-0.25, -0.2) is 10.2 Å². The fourth-order valence-electron chi connectivity index (χ4n) is 2.69. The second-order valence-electron chi connectivity index (χ2n) is 6.56. The van der Waals surface area contributed by atoms with Crippen molar-refractivity contribution in [3.63, 3.8) is 0 Å². The van der Waals surface area contributed by atoms with E-state index in [0.717, 1.165) is 29.6 Å². The van der Waals surface area contributed by atoms with E-state index < -0.39 is 5.97 Å². The summed E-state index contributed by atoms with van der Waals surface area (Å²) in [6.07, 6.45) is 1.87. The fraction of sp³-hybridized carbons (Fsp3) is 0.0870. The first-order valence-electron chi connectivity index (χ1n) is 9.22. The number of halogens is 2. The van der Waals surface area contributed by atoms with Crippen LogP contribution in [0.3, 0.4) is 0 Å². The Morgan fingerprint density at radius 2 is 1.61 bits per heavy atom. The van der Waals surface area contributed by atoms with Crippen molar-refractivity contribution >= 4 is 63.3 Å². The van der Waals surface area contributed by atoms with Gasteiger partial charge in [-0.2, -0.15) is 5.10 Å². The fourth-order valence-corrected chi connectivity index (χ4v) is 4.82. The smallest absolute Gasteiger partial charge is 0.335 e. The van der Waals surface area contributed by atoms with Gasteiger partial charge < -0.3 is 9.84 Å². The summed E-state index contributed by atoms with van der Waals surface area (Å²) >= 11 is 4.38. The van der Waals surface area contributed by atoms with Crippen LogP contribution in [0.4, 0.5) is 0 Å². The maximum absolute atomic E-state index is 12.0. The van der Waals surface area contributed by atoms with Crippen molar-refractivity contribution in [1.82, 2.24) is 5.43 Å². The second-order valence-corrected chi connectivity index (χ2v) is 8.88. The van der Waals surface area contributed by atoms with Gasteiger partial charge in [-0.15, -0.1) is 0 Å². The van der Waals surface area contributed by atoms with Crippen LogP contribution >= 0.6 is 45.2 Å². The van der Waals surface area contributed by atoms with E-state index in [9.17, 15) is 9.59 Å². The van der Waals surface area contributed by atoms with Gasteiger partial charge in [-0.1, -0.05) is 42.5 Å². The van der Waals surface area contributed by atoms with Crippen LogP contribution in [0.1, 0.15) is 27.0 Å². The minimum atomic E-state index is -0.954. The number of carbonyl (C=O) groups is 2. The number of nitrogens with zero attached hydrogens (tertiary/aromatic N) is 1. The third-order valence-corrected chi connectivity index (χ3v) is 5.82. The van der Waals surface area contributed by atoms with E-state index in [1.807, 2.05) is 42.5 Å². The maximum atomic E-state index is 12.0. The molecule has 0 fully saturated rings. The summed E-state index contributed by atoms with van der Waals surface area (Å²) < 4.78 is 7.75. The van der Waals surface area contributed by atoms with E-state index in [4.69, 9.17) is 9.84 Å². The number of hydrogen-bond acceptors (Lipinski definition) is 4. The Bertz CT molecular complexity index is 1080. The highest BCUT2D eigenvalue weighted by molar-refractivity contribution is 14.1. The molecule has 0 spiro atoms. The molecular weight excluding hydrogens is 622 g/mol. The number of amides is 1. The zero-order valence-corrected chi connectivity index (χ0v) is 20.5. The highest BCUT2D eigenvalue weighted by atomic mass is 127. The van der Waals surface area contributed by atoms with E-state index in [1.54, 1.807) is 30.5 Å². The molecule has 0 atom stereocenters. The topological polar surface area (TPSA) is 88.0 Å². The number of carboxylic acid groups (broad SMARTS) is 1. The minimum absolute atomic E-state index is 0.180. The van der Waals surface area contributed by atoms with Crippen molar-refractivity contribution in [1.29, 1.82) is 0 Å². The molecule has 0 radical (unpaired) electrons. The molecule has 0 aliphatic heterocycles. The molecule has 158 valence electrons. The molecule has 3 rings (SSSR count). The Morgan fingerprint density at radius 1 is 0.968 bits per heavy atom. The number of ether oxygens (including phenoxy) is 1. The van der Waals surface area contributed by atoms with Gasteiger partial charge in [-0.3, -0.25) is 4.79 Å². The van der Waals surface area contributed by atoms with Gasteiger partial charge in [0.2, 0.25) is 5.91 Å². The van der Waals surface area contributed by atoms with Crippen LogP contribution in [0.2, 0.25) is 0 Å². The zero-order valence-electron chi connectivity index (χ0n) is 16.2. The molecule has 0 unspecified atom stereocenters. The van der Waals surface area contributed by atoms with Crippen LogP contribution in [-0.2, 0) is 17.8 Å². The van der Waals surface area contributed by atoms with E-state index in [1.165, 1.54) is 0 Å². The summed E-state index contributed by atoms with van der Waals surface area (Å²) in [6.45, 7) is 0.328. The van der Waals surface area contributed by atoms with Crippen molar-refractivity contribution in [2.24, 2.45) is 5.10 Å². The largest absolute Gasteiger partial charge is 0.487 e. The second kappa shape index (κ2) is 11.2. The summed E-state index contributed by atoms with van der Waals surface area (Å²) in [5.74, 6) is -0.389. The van der Waals surface area contributed by atoms with Crippen LogP contribution in [0.5, 0.6) is 5.75 Å². The third kappa shape index (κ3) is 7.03. The SMILES string of the molecule is O=C(Cc1ccccc1)N/N=C\c1cc(I)c(OCc2ccc(C(=O)O)cc2)c(I)c1. The average Bonchev–Trinajstić information content (AvgIpc) is 2.74. The summed E-state index contributed by atoms with van der Waals surface area (Å²) in [6, 6.07) is 19.9. The molecule has 3 aromatic rings. The first kappa shape index (κ1) is 23.2. The van der Waals surface area contributed by atoms with Crippen LogP contribution < -0.4 is 10.2 Å². The number of hydrazone groups is 1. The average molecular weight is 640 g/mol. The van der Waals surface area contributed by atoms with Crippen LogP contribution in [0.15, 0.2) is 71.8 Å². The van der Waals surface area contributed by atoms with Crippen molar-refractivity contribution in [3.8, 4) is 5.75 Å². The van der Waals surface area contributed by atoms with Crippen LogP contribution in [0.25, 0.3) is 0 Å². The standard InChI is InChI=1S/C23H18I2N2O4/c24-19-10-17(13-26-27-21(28)12-15-4-2-1-3-5-15)11-20(25)22(19)31-14-16-6-8-18(9-7-16)23(29)30/h1-11,13H,12,14H2,(H,27,28)(H,29,30)/b26-13-. The van der Waals surface area contributed by atoms with Gasteiger partial charge in [0, 0.05) is 0 Å². The molecule has 2 N–H and O–H groups in total. The third-order valence-electron chi connectivity index (χ3n) is 4.22. The molecule has 0 saturated carbocycles. The minimum Gasteiger partial charge on any atom is -0.487 e. The zero-order chi connectivity index (χ0) is 22.2. The lowest BCUT2D eigenvalue weighted by Gasteiger charge is -2.11. The molecule has 0 aromatic heterocycles. The highest BCUT2D eigenvalue weighted by Crippen LogP contribution is 2.29. The van der Waals surface area contributed by atoms with Crippen molar-refractivity contribution in [2.75, 3.05) is 0 Å². The Morgan fingerprint density at radius 3 is 2.23 bits per heavy atom. The molecule has 8 heteroatoms. The predicted octanol–water partition coefficient (Wildman–Crippen LogP) is 4.87. The van der Waals surface area contributed by atoms with E-state index in [0.29, 0.717) is 6.61 Å². The lowest BCUT2D eigenvalue weighted by molar-refractivity contribution is -0.120. The van der Waals surface area contributed by atoms with Gasteiger partial charge in [0.25, 0.3) is 0 Å². The van der Waals surface area contributed by atoms with Gasteiger partial charge in [0.15, 0.2) is 0 Å². The van der Waals surface area contributed by atoms with Crippen molar-refractivity contribution in [2.45, 2.75) is 13.0 Å². The van der Waals surface area contributed by atoms with Crippen molar-refractivity contribution in [3.05, 3.63) is 96.1 Å². The van der Waals surface area contributed by atoms with E-state index >= 15 is 0 Å². The van der Waals surface area contributed by atoms with E-state index in [2.05, 4.69) is 55.7 Å². The Hall–Kier alpha value is -2.47. The summed E-state index contributed by atoms with van der Waals surface area (Å²) in [4.78, 5) is 22.9.